The summed E-state index contributed by atoms with van der Waals surface area (Å²) in [7, 11) is -3.38. The van der Waals surface area contributed by atoms with Crippen LogP contribution in [-0.4, -0.2) is 31.7 Å². The van der Waals surface area contributed by atoms with Gasteiger partial charge in [0.1, 0.15) is 5.75 Å². The van der Waals surface area contributed by atoms with Crippen LogP contribution in [0.4, 0.5) is 10.8 Å². The molecule has 0 fully saturated rings. The molecule has 0 aliphatic rings. The number of ether oxygens (including phenoxy) is 1. The topological polar surface area (TPSA) is 97.4 Å². The van der Waals surface area contributed by atoms with E-state index in [9.17, 15) is 13.2 Å². The third-order valence-corrected chi connectivity index (χ3v) is 4.98. The van der Waals surface area contributed by atoms with Crippen LogP contribution in [0, 0.1) is 0 Å². The van der Waals surface area contributed by atoms with Gasteiger partial charge in [0, 0.05) is 5.69 Å². The van der Waals surface area contributed by atoms with E-state index in [2.05, 4.69) is 15.0 Å². The van der Waals surface area contributed by atoms with E-state index >= 15 is 0 Å². The summed E-state index contributed by atoms with van der Waals surface area (Å²) < 4.78 is 31.3. The number of rotatable bonds is 6. The lowest BCUT2D eigenvalue weighted by Crippen LogP contribution is -2.30. The summed E-state index contributed by atoms with van der Waals surface area (Å²) in [5.41, 5.74) is 1.23. The largest absolute Gasteiger partial charge is 0.481 e. The van der Waals surface area contributed by atoms with Crippen LogP contribution in [0.25, 0.3) is 10.2 Å². The minimum absolute atomic E-state index is 0.284. The van der Waals surface area contributed by atoms with Gasteiger partial charge in [-0.25, -0.2) is 13.4 Å². The van der Waals surface area contributed by atoms with E-state index in [0.29, 0.717) is 17.0 Å². The van der Waals surface area contributed by atoms with Crippen LogP contribution in [0.2, 0.25) is 0 Å². The van der Waals surface area contributed by atoms with Crippen LogP contribution in [0.3, 0.4) is 0 Å². The number of thiazole rings is 1. The maximum atomic E-state index is 12.3. The number of fused-ring (bicyclic) bond motifs is 1. The highest BCUT2D eigenvalue weighted by atomic mass is 32.2. The van der Waals surface area contributed by atoms with Gasteiger partial charge in [-0.2, -0.15) is 0 Å². The molecule has 1 amide bonds. The Kier molecular flexibility index (Phi) is 5.10. The fourth-order valence-electron chi connectivity index (χ4n) is 2.21. The SMILES string of the molecule is CC(Oc1ccccc1)C(=O)Nc1ccc2nc(NS(C)(=O)=O)sc2c1. The number of para-hydroxylation sites is 1. The van der Waals surface area contributed by atoms with Crippen molar-refractivity contribution in [3.63, 3.8) is 0 Å². The first-order valence-corrected chi connectivity index (χ1v) is 10.4. The van der Waals surface area contributed by atoms with Gasteiger partial charge in [0.15, 0.2) is 11.2 Å². The quantitative estimate of drug-likeness (QED) is 0.673. The van der Waals surface area contributed by atoms with E-state index in [-0.39, 0.29) is 11.0 Å². The van der Waals surface area contributed by atoms with Gasteiger partial charge >= 0.3 is 0 Å². The Balaban J connectivity index is 1.70. The summed E-state index contributed by atoms with van der Waals surface area (Å²) in [5, 5.41) is 3.07. The van der Waals surface area contributed by atoms with Crippen LogP contribution in [0.1, 0.15) is 6.92 Å². The van der Waals surface area contributed by atoms with Gasteiger partial charge in [0.05, 0.1) is 16.5 Å². The molecule has 1 heterocycles. The van der Waals surface area contributed by atoms with Crippen molar-refractivity contribution in [2.75, 3.05) is 16.3 Å². The van der Waals surface area contributed by atoms with Crippen LogP contribution in [0.5, 0.6) is 5.75 Å². The van der Waals surface area contributed by atoms with Gasteiger partial charge in [-0.15, -0.1) is 0 Å². The lowest BCUT2D eigenvalue weighted by Gasteiger charge is -2.14. The van der Waals surface area contributed by atoms with Crippen LogP contribution in [0.15, 0.2) is 48.5 Å². The Hall–Kier alpha value is -2.65. The number of hydrogen-bond donors (Lipinski definition) is 2. The number of hydrogen-bond acceptors (Lipinski definition) is 6. The average molecular weight is 391 g/mol. The molecule has 1 aromatic heterocycles. The summed E-state index contributed by atoms with van der Waals surface area (Å²) in [4.78, 5) is 16.5. The van der Waals surface area contributed by atoms with Crippen LogP contribution < -0.4 is 14.8 Å². The molecule has 3 rings (SSSR count). The maximum Gasteiger partial charge on any atom is 0.265 e. The van der Waals surface area contributed by atoms with E-state index in [1.807, 2.05) is 18.2 Å². The number of amides is 1. The first kappa shape index (κ1) is 18.2. The molecule has 0 radical (unpaired) electrons. The molecule has 2 aromatic carbocycles. The number of nitrogens with one attached hydrogen (secondary N) is 2. The molecular formula is C17H17N3O4S2. The molecule has 26 heavy (non-hydrogen) atoms. The molecule has 0 aliphatic carbocycles. The summed E-state index contributed by atoms with van der Waals surface area (Å²) >= 11 is 1.19. The molecule has 136 valence electrons. The van der Waals surface area contributed by atoms with Crippen molar-refractivity contribution in [2.24, 2.45) is 0 Å². The van der Waals surface area contributed by atoms with Gasteiger partial charge in [-0.1, -0.05) is 29.5 Å². The summed E-state index contributed by atoms with van der Waals surface area (Å²) in [6, 6.07) is 14.3. The standard InChI is InChI=1S/C17H17N3O4S2/c1-11(24-13-6-4-3-5-7-13)16(21)18-12-8-9-14-15(10-12)25-17(19-14)20-26(2,22)23/h3-11H,1-2H3,(H,18,21)(H,19,20). The molecule has 0 saturated heterocycles. The normalized spacial score (nSPS) is 12.5. The van der Waals surface area contributed by atoms with Crippen molar-refractivity contribution in [2.45, 2.75) is 13.0 Å². The molecule has 0 bridgehead atoms. The second-order valence-corrected chi connectivity index (χ2v) is 8.42. The van der Waals surface area contributed by atoms with Crippen molar-refractivity contribution in [1.82, 2.24) is 4.98 Å². The van der Waals surface area contributed by atoms with E-state index in [1.54, 1.807) is 37.3 Å². The second kappa shape index (κ2) is 7.30. The first-order valence-electron chi connectivity index (χ1n) is 7.71. The molecule has 0 spiro atoms. The lowest BCUT2D eigenvalue weighted by molar-refractivity contribution is -0.122. The molecule has 1 unspecified atom stereocenters. The number of benzene rings is 2. The fourth-order valence-corrected chi connectivity index (χ4v) is 3.95. The van der Waals surface area contributed by atoms with Gasteiger partial charge in [-0.05, 0) is 37.3 Å². The molecule has 1 atom stereocenters. The molecule has 2 N–H and O–H groups in total. The van der Waals surface area contributed by atoms with Gasteiger partial charge < -0.3 is 10.1 Å². The first-order chi connectivity index (χ1) is 12.3. The predicted molar refractivity (Wildman–Crippen MR) is 103 cm³/mol. The number of aromatic nitrogens is 1. The fraction of sp³-hybridized carbons (Fsp3) is 0.176. The van der Waals surface area contributed by atoms with Gasteiger partial charge in [0.25, 0.3) is 5.91 Å². The summed E-state index contributed by atoms with van der Waals surface area (Å²) in [6.07, 6.45) is 0.399. The average Bonchev–Trinajstić information content (AvgIpc) is 2.95. The monoisotopic (exact) mass is 391 g/mol. The molecule has 0 aliphatic heterocycles. The highest BCUT2D eigenvalue weighted by Gasteiger charge is 2.15. The van der Waals surface area contributed by atoms with Crippen molar-refractivity contribution in [3.05, 3.63) is 48.5 Å². The van der Waals surface area contributed by atoms with Crippen molar-refractivity contribution in [3.8, 4) is 5.75 Å². The van der Waals surface area contributed by atoms with Gasteiger partial charge in [-0.3, -0.25) is 9.52 Å². The number of anilines is 2. The smallest absolute Gasteiger partial charge is 0.265 e. The van der Waals surface area contributed by atoms with Gasteiger partial charge in [0.2, 0.25) is 10.0 Å². The Morgan fingerprint density at radius 1 is 1.19 bits per heavy atom. The summed E-state index contributed by atoms with van der Waals surface area (Å²) in [6.45, 7) is 1.67. The minimum Gasteiger partial charge on any atom is -0.481 e. The molecule has 0 saturated carbocycles. The third kappa shape index (κ3) is 4.70. The molecule has 3 aromatic rings. The highest BCUT2D eigenvalue weighted by Crippen LogP contribution is 2.29. The maximum absolute atomic E-state index is 12.3. The zero-order chi connectivity index (χ0) is 18.7. The summed E-state index contributed by atoms with van der Waals surface area (Å²) in [5.74, 6) is 0.330. The second-order valence-electron chi connectivity index (χ2n) is 5.64. The number of carbonyl (C=O) groups is 1. The van der Waals surface area contributed by atoms with E-state index in [4.69, 9.17) is 4.74 Å². The van der Waals surface area contributed by atoms with Crippen molar-refractivity contribution < 1.29 is 17.9 Å². The Labute approximate surface area is 155 Å². The number of sulfonamides is 1. The number of carbonyl (C=O) groups excluding carboxylic acids is 1. The molecular weight excluding hydrogens is 374 g/mol. The predicted octanol–water partition coefficient (Wildman–Crippen LogP) is 3.07. The van der Waals surface area contributed by atoms with E-state index in [1.165, 1.54) is 11.3 Å². The third-order valence-electron chi connectivity index (χ3n) is 3.35. The Morgan fingerprint density at radius 3 is 2.62 bits per heavy atom. The molecule has 9 heteroatoms. The Morgan fingerprint density at radius 2 is 1.92 bits per heavy atom. The van der Waals surface area contributed by atoms with Crippen LogP contribution >= 0.6 is 11.3 Å². The van der Waals surface area contributed by atoms with E-state index in [0.717, 1.165) is 11.0 Å². The zero-order valence-electron chi connectivity index (χ0n) is 14.1. The lowest BCUT2D eigenvalue weighted by atomic mass is 10.2. The zero-order valence-corrected chi connectivity index (χ0v) is 15.7. The van der Waals surface area contributed by atoms with Crippen LogP contribution in [-0.2, 0) is 14.8 Å². The Bertz CT molecular complexity index is 1030. The van der Waals surface area contributed by atoms with Crippen molar-refractivity contribution >= 4 is 48.3 Å². The molecule has 7 nitrogen and oxygen atoms in total. The highest BCUT2D eigenvalue weighted by molar-refractivity contribution is 7.92. The van der Waals surface area contributed by atoms with E-state index < -0.39 is 16.1 Å². The number of nitrogens with zero attached hydrogens (tertiary/aromatic N) is 1. The van der Waals surface area contributed by atoms with Crippen molar-refractivity contribution in [1.29, 1.82) is 0 Å². The minimum atomic E-state index is -3.38.